The summed E-state index contributed by atoms with van der Waals surface area (Å²) in [5, 5.41) is 12.0. The van der Waals surface area contributed by atoms with Gasteiger partial charge in [-0.25, -0.2) is 4.39 Å². The first kappa shape index (κ1) is 14.4. The number of carbonyl (C=O) groups is 1. The molecule has 1 atom stereocenters. The Morgan fingerprint density at radius 1 is 1.56 bits per heavy atom. The van der Waals surface area contributed by atoms with Crippen LogP contribution in [0.5, 0.6) is 5.75 Å². The van der Waals surface area contributed by atoms with Crippen LogP contribution in [0.15, 0.2) is 18.2 Å². The number of aliphatic hydroxyl groups is 1. The van der Waals surface area contributed by atoms with E-state index in [0.29, 0.717) is 30.8 Å². The summed E-state index contributed by atoms with van der Waals surface area (Å²) in [5.74, 6) is -0.156. The number of hydrogen-bond acceptors (Lipinski definition) is 3. The minimum Gasteiger partial charge on any atom is -0.493 e. The van der Waals surface area contributed by atoms with E-state index in [0.717, 1.165) is 0 Å². The molecule has 0 heterocycles. The maximum atomic E-state index is 13.1. The highest BCUT2D eigenvalue weighted by Gasteiger charge is 2.10. The summed E-state index contributed by atoms with van der Waals surface area (Å²) in [7, 11) is 1.57. The van der Waals surface area contributed by atoms with Crippen molar-refractivity contribution >= 4 is 5.91 Å². The van der Waals surface area contributed by atoms with Crippen LogP contribution in [0.1, 0.15) is 31.4 Å². The summed E-state index contributed by atoms with van der Waals surface area (Å²) < 4.78 is 18.5. The number of halogens is 1. The largest absolute Gasteiger partial charge is 0.493 e. The van der Waals surface area contributed by atoms with Gasteiger partial charge in [-0.15, -0.1) is 0 Å². The second kappa shape index (κ2) is 6.96. The second-order valence-electron chi connectivity index (χ2n) is 3.98. The van der Waals surface area contributed by atoms with Crippen molar-refractivity contribution < 1.29 is 19.0 Å². The van der Waals surface area contributed by atoms with Gasteiger partial charge in [0.1, 0.15) is 11.6 Å². The molecule has 0 saturated carbocycles. The molecular formula is C13H18FNO3. The first-order valence-corrected chi connectivity index (χ1v) is 5.85. The molecule has 0 aliphatic carbocycles. The molecule has 1 aromatic carbocycles. The molecule has 1 rings (SSSR count). The molecule has 100 valence electrons. The molecule has 0 aliphatic rings. The van der Waals surface area contributed by atoms with E-state index >= 15 is 0 Å². The van der Waals surface area contributed by atoms with Crippen LogP contribution in [0, 0.1) is 5.82 Å². The lowest BCUT2D eigenvalue weighted by atomic mass is 10.1. The van der Waals surface area contributed by atoms with Crippen molar-refractivity contribution in [1.82, 2.24) is 5.32 Å². The lowest BCUT2D eigenvalue weighted by Crippen LogP contribution is -2.18. The Morgan fingerprint density at radius 3 is 2.89 bits per heavy atom. The molecule has 0 saturated heterocycles. The average Bonchev–Trinajstić information content (AvgIpc) is 2.34. The van der Waals surface area contributed by atoms with Crippen LogP contribution < -0.4 is 10.1 Å². The van der Waals surface area contributed by atoms with Crippen LogP contribution in [-0.4, -0.2) is 24.7 Å². The zero-order valence-electron chi connectivity index (χ0n) is 10.6. The Kier molecular flexibility index (Phi) is 5.58. The number of carbonyl (C=O) groups excluding carboxylic acids is 1. The molecule has 0 aromatic heterocycles. The number of benzene rings is 1. The molecule has 0 spiro atoms. The molecule has 1 unspecified atom stereocenters. The van der Waals surface area contributed by atoms with Crippen molar-refractivity contribution in [3.05, 3.63) is 29.6 Å². The molecule has 4 nitrogen and oxygen atoms in total. The van der Waals surface area contributed by atoms with Crippen molar-refractivity contribution in [3.63, 3.8) is 0 Å². The van der Waals surface area contributed by atoms with Gasteiger partial charge in [0.2, 0.25) is 5.91 Å². The maximum absolute atomic E-state index is 13.1. The van der Waals surface area contributed by atoms with Gasteiger partial charge in [0.15, 0.2) is 0 Å². The minimum absolute atomic E-state index is 0.0615. The summed E-state index contributed by atoms with van der Waals surface area (Å²) >= 11 is 0. The molecule has 1 amide bonds. The van der Waals surface area contributed by atoms with Gasteiger partial charge in [0, 0.05) is 25.1 Å². The van der Waals surface area contributed by atoms with Gasteiger partial charge in [-0.2, -0.15) is 0 Å². The number of rotatable bonds is 6. The molecule has 0 aliphatic heterocycles. The quantitative estimate of drug-likeness (QED) is 0.762. The van der Waals surface area contributed by atoms with E-state index in [-0.39, 0.29) is 5.91 Å². The van der Waals surface area contributed by atoms with Gasteiger partial charge >= 0.3 is 0 Å². The summed E-state index contributed by atoms with van der Waals surface area (Å²) in [5.41, 5.74) is 0.538. The Labute approximate surface area is 106 Å². The van der Waals surface area contributed by atoms with E-state index in [1.54, 1.807) is 14.0 Å². The third-order valence-corrected chi connectivity index (χ3v) is 2.51. The van der Waals surface area contributed by atoms with E-state index in [4.69, 9.17) is 4.74 Å². The van der Waals surface area contributed by atoms with Gasteiger partial charge in [-0.1, -0.05) is 0 Å². The Balaban J connectivity index is 2.55. The van der Waals surface area contributed by atoms with Crippen molar-refractivity contribution in [1.29, 1.82) is 0 Å². The van der Waals surface area contributed by atoms with E-state index < -0.39 is 11.9 Å². The molecule has 5 heteroatoms. The first-order chi connectivity index (χ1) is 8.54. The highest BCUT2D eigenvalue weighted by atomic mass is 19.1. The van der Waals surface area contributed by atoms with Crippen LogP contribution in [-0.2, 0) is 4.79 Å². The van der Waals surface area contributed by atoms with Crippen LogP contribution in [0.3, 0.4) is 0 Å². The lowest BCUT2D eigenvalue weighted by molar-refractivity contribution is -0.120. The molecule has 2 N–H and O–H groups in total. The fourth-order valence-corrected chi connectivity index (χ4v) is 1.52. The predicted molar refractivity (Wildman–Crippen MR) is 65.8 cm³/mol. The monoisotopic (exact) mass is 255 g/mol. The molecule has 0 fully saturated rings. The number of amides is 1. The van der Waals surface area contributed by atoms with Crippen LogP contribution in [0.2, 0.25) is 0 Å². The molecule has 1 aromatic rings. The first-order valence-electron chi connectivity index (χ1n) is 5.85. The summed E-state index contributed by atoms with van der Waals surface area (Å²) in [6, 6.07) is 4.01. The van der Waals surface area contributed by atoms with Crippen molar-refractivity contribution in [3.8, 4) is 5.75 Å². The van der Waals surface area contributed by atoms with E-state index in [1.165, 1.54) is 18.2 Å². The third kappa shape index (κ3) is 4.33. The van der Waals surface area contributed by atoms with Gasteiger partial charge < -0.3 is 15.2 Å². The standard InChI is InChI=1S/C13H18FNO3/c1-9(16)11-6-5-10(14)8-12(11)18-7-3-4-13(17)15-2/h5-6,8-9,16H,3-4,7H2,1-2H3,(H,15,17). The van der Waals surface area contributed by atoms with E-state index in [2.05, 4.69) is 5.32 Å². The van der Waals surface area contributed by atoms with E-state index in [9.17, 15) is 14.3 Å². The molecule has 0 radical (unpaired) electrons. The Hall–Kier alpha value is -1.62. The van der Waals surface area contributed by atoms with Gasteiger partial charge in [-0.3, -0.25) is 4.79 Å². The summed E-state index contributed by atoms with van der Waals surface area (Å²) in [4.78, 5) is 11.0. The average molecular weight is 255 g/mol. The number of ether oxygens (including phenoxy) is 1. The van der Waals surface area contributed by atoms with Crippen molar-refractivity contribution in [2.75, 3.05) is 13.7 Å². The minimum atomic E-state index is -0.723. The third-order valence-electron chi connectivity index (χ3n) is 2.51. The molecular weight excluding hydrogens is 237 g/mol. The smallest absolute Gasteiger partial charge is 0.219 e. The highest BCUT2D eigenvalue weighted by molar-refractivity contribution is 5.75. The zero-order chi connectivity index (χ0) is 13.5. The fourth-order valence-electron chi connectivity index (χ4n) is 1.52. The van der Waals surface area contributed by atoms with Crippen LogP contribution >= 0.6 is 0 Å². The van der Waals surface area contributed by atoms with E-state index in [1.807, 2.05) is 0 Å². The molecule has 18 heavy (non-hydrogen) atoms. The SMILES string of the molecule is CNC(=O)CCCOc1cc(F)ccc1C(C)O. The summed E-state index contributed by atoms with van der Waals surface area (Å²) in [6.07, 6.45) is 0.171. The number of hydrogen-bond donors (Lipinski definition) is 2. The van der Waals surface area contributed by atoms with Crippen LogP contribution in [0.4, 0.5) is 4.39 Å². The van der Waals surface area contributed by atoms with Crippen LogP contribution in [0.25, 0.3) is 0 Å². The summed E-state index contributed by atoms with van der Waals surface area (Å²) in [6.45, 7) is 1.89. The zero-order valence-corrected chi connectivity index (χ0v) is 10.6. The van der Waals surface area contributed by atoms with Gasteiger partial charge in [0.25, 0.3) is 0 Å². The second-order valence-corrected chi connectivity index (χ2v) is 3.98. The molecule has 0 bridgehead atoms. The maximum Gasteiger partial charge on any atom is 0.219 e. The Bertz CT molecular complexity index is 407. The number of nitrogens with one attached hydrogen (secondary N) is 1. The fraction of sp³-hybridized carbons (Fsp3) is 0.462. The normalized spacial score (nSPS) is 12.0. The van der Waals surface area contributed by atoms with Crippen molar-refractivity contribution in [2.24, 2.45) is 0 Å². The van der Waals surface area contributed by atoms with Gasteiger partial charge in [-0.05, 0) is 25.5 Å². The predicted octanol–water partition coefficient (Wildman–Crippen LogP) is 1.78. The number of aliphatic hydroxyl groups excluding tert-OH is 1. The van der Waals surface area contributed by atoms with Crippen molar-refractivity contribution in [2.45, 2.75) is 25.9 Å². The Morgan fingerprint density at radius 2 is 2.28 bits per heavy atom. The van der Waals surface area contributed by atoms with Gasteiger partial charge in [0.05, 0.1) is 12.7 Å². The lowest BCUT2D eigenvalue weighted by Gasteiger charge is -2.13. The highest BCUT2D eigenvalue weighted by Crippen LogP contribution is 2.26. The topological polar surface area (TPSA) is 58.6 Å².